The summed E-state index contributed by atoms with van der Waals surface area (Å²) in [4.78, 5) is 32.6. The molecule has 7 heteroatoms. The van der Waals surface area contributed by atoms with Crippen molar-refractivity contribution in [1.82, 2.24) is 15.3 Å². The van der Waals surface area contributed by atoms with Crippen LogP contribution in [0.25, 0.3) is 10.9 Å². The van der Waals surface area contributed by atoms with Gasteiger partial charge in [0, 0.05) is 18.8 Å². The third kappa shape index (κ3) is 2.29. The smallest absolute Gasteiger partial charge is 0.260 e. The number of amides is 1. The number of hydrogen-bond donors (Lipinski definition) is 3. The van der Waals surface area contributed by atoms with Crippen molar-refractivity contribution >= 4 is 28.4 Å². The minimum absolute atomic E-state index is 0.0671. The summed E-state index contributed by atoms with van der Waals surface area (Å²) in [5.41, 5.74) is 6.51. The van der Waals surface area contributed by atoms with Crippen molar-refractivity contribution in [3.8, 4) is 0 Å². The first-order valence-electron chi connectivity index (χ1n) is 6.45. The highest BCUT2D eigenvalue weighted by Crippen LogP contribution is 2.15. The molecule has 104 valence electrons. The number of nitrogens with two attached hydrogens (primary N) is 1. The highest BCUT2D eigenvalue weighted by Gasteiger charge is 2.17. The van der Waals surface area contributed by atoms with E-state index in [9.17, 15) is 9.59 Å². The first-order chi connectivity index (χ1) is 9.63. The van der Waals surface area contributed by atoms with Crippen molar-refractivity contribution in [2.75, 3.05) is 30.3 Å². The van der Waals surface area contributed by atoms with Gasteiger partial charge in [-0.15, -0.1) is 0 Å². The molecule has 2 aromatic rings. The van der Waals surface area contributed by atoms with Crippen molar-refractivity contribution in [3.63, 3.8) is 0 Å². The number of carbonyl (C=O) groups excluding carboxylic acids is 1. The lowest BCUT2D eigenvalue weighted by atomic mass is 10.2. The summed E-state index contributed by atoms with van der Waals surface area (Å²) >= 11 is 0. The Labute approximate surface area is 114 Å². The molecule has 1 saturated heterocycles. The Morgan fingerprint density at radius 3 is 3.00 bits per heavy atom. The van der Waals surface area contributed by atoms with Gasteiger partial charge in [0.25, 0.3) is 5.56 Å². The van der Waals surface area contributed by atoms with Gasteiger partial charge in [-0.2, -0.15) is 0 Å². The Hall–Kier alpha value is -2.57. The molecule has 4 N–H and O–H groups in total. The Morgan fingerprint density at radius 1 is 1.30 bits per heavy atom. The van der Waals surface area contributed by atoms with Crippen LogP contribution in [0.3, 0.4) is 0 Å². The fourth-order valence-electron chi connectivity index (χ4n) is 2.28. The molecule has 0 saturated carbocycles. The fourth-order valence-corrected chi connectivity index (χ4v) is 2.28. The highest BCUT2D eigenvalue weighted by atomic mass is 16.2. The third-order valence-electron chi connectivity index (χ3n) is 3.28. The minimum atomic E-state index is -0.248. The Morgan fingerprint density at radius 2 is 2.15 bits per heavy atom. The van der Waals surface area contributed by atoms with E-state index in [1.54, 1.807) is 23.1 Å². The third-order valence-corrected chi connectivity index (χ3v) is 3.28. The number of hydrogen-bond acceptors (Lipinski definition) is 5. The fraction of sp³-hybridized carbons (Fsp3) is 0.308. The molecule has 1 fully saturated rings. The molecule has 0 bridgehead atoms. The van der Waals surface area contributed by atoms with Gasteiger partial charge < -0.3 is 16.0 Å². The zero-order valence-electron chi connectivity index (χ0n) is 10.8. The average molecular weight is 273 g/mol. The molecule has 0 spiro atoms. The van der Waals surface area contributed by atoms with Crippen molar-refractivity contribution in [3.05, 3.63) is 28.6 Å². The van der Waals surface area contributed by atoms with Gasteiger partial charge in [-0.1, -0.05) is 0 Å². The van der Waals surface area contributed by atoms with Crippen LogP contribution < -0.4 is 21.5 Å². The molecular formula is C13H15N5O2. The van der Waals surface area contributed by atoms with Gasteiger partial charge in [-0.3, -0.25) is 14.6 Å². The molecule has 1 aromatic heterocycles. The predicted octanol–water partition coefficient (Wildman–Crippen LogP) is -0.168. The molecule has 1 aliphatic rings. The van der Waals surface area contributed by atoms with Crippen LogP contribution in [-0.4, -0.2) is 35.5 Å². The van der Waals surface area contributed by atoms with Gasteiger partial charge in [-0.25, -0.2) is 4.98 Å². The zero-order chi connectivity index (χ0) is 14.1. The molecule has 0 aliphatic carbocycles. The van der Waals surface area contributed by atoms with E-state index in [0.717, 1.165) is 6.42 Å². The maximum atomic E-state index is 12.1. The summed E-state index contributed by atoms with van der Waals surface area (Å²) < 4.78 is 0. The van der Waals surface area contributed by atoms with E-state index in [4.69, 9.17) is 5.73 Å². The molecule has 0 atom stereocenters. The zero-order valence-corrected chi connectivity index (χ0v) is 10.8. The van der Waals surface area contributed by atoms with Gasteiger partial charge in [0.2, 0.25) is 11.9 Å². The average Bonchev–Trinajstić information content (AvgIpc) is 2.64. The van der Waals surface area contributed by atoms with Gasteiger partial charge in [0.05, 0.1) is 17.4 Å². The molecule has 1 amide bonds. The van der Waals surface area contributed by atoms with Crippen LogP contribution >= 0.6 is 0 Å². The maximum Gasteiger partial charge on any atom is 0.260 e. The second-order valence-corrected chi connectivity index (χ2v) is 4.79. The van der Waals surface area contributed by atoms with Crippen molar-refractivity contribution in [2.24, 2.45) is 0 Å². The summed E-state index contributed by atoms with van der Waals surface area (Å²) in [6.45, 7) is 1.51. The van der Waals surface area contributed by atoms with Crippen LogP contribution in [0.1, 0.15) is 6.42 Å². The SMILES string of the molecule is Nc1ccc2nc(N3CCCNC(=O)C3)[nH]c(=O)c2c1. The molecule has 20 heavy (non-hydrogen) atoms. The molecule has 3 rings (SSSR count). The standard InChI is InChI=1S/C13H15N5O2/c14-8-2-3-10-9(6-8)12(20)17-13(16-10)18-5-1-4-15-11(19)7-18/h2-3,6H,1,4-5,7,14H2,(H,15,19)(H,16,17,20). The highest BCUT2D eigenvalue weighted by molar-refractivity contribution is 5.83. The van der Waals surface area contributed by atoms with Crippen molar-refractivity contribution in [2.45, 2.75) is 6.42 Å². The van der Waals surface area contributed by atoms with E-state index in [0.29, 0.717) is 35.6 Å². The normalized spacial score (nSPS) is 16.0. The lowest BCUT2D eigenvalue weighted by molar-refractivity contribution is -0.119. The number of carbonyl (C=O) groups is 1. The molecule has 1 aliphatic heterocycles. The number of benzene rings is 1. The number of anilines is 2. The molecular weight excluding hydrogens is 258 g/mol. The molecule has 0 radical (unpaired) electrons. The van der Waals surface area contributed by atoms with Gasteiger partial charge >= 0.3 is 0 Å². The van der Waals surface area contributed by atoms with E-state index in [-0.39, 0.29) is 18.0 Å². The maximum absolute atomic E-state index is 12.1. The largest absolute Gasteiger partial charge is 0.399 e. The number of rotatable bonds is 1. The van der Waals surface area contributed by atoms with Crippen LogP contribution in [0.4, 0.5) is 11.6 Å². The summed E-state index contributed by atoms with van der Waals surface area (Å²) in [7, 11) is 0. The predicted molar refractivity (Wildman–Crippen MR) is 76.6 cm³/mol. The van der Waals surface area contributed by atoms with E-state index in [1.165, 1.54) is 0 Å². The number of fused-ring (bicyclic) bond motifs is 1. The van der Waals surface area contributed by atoms with Crippen LogP contribution in [0, 0.1) is 0 Å². The Kier molecular flexibility index (Phi) is 3.02. The van der Waals surface area contributed by atoms with Gasteiger partial charge in [0.15, 0.2) is 0 Å². The number of nitrogens with zero attached hydrogens (tertiary/aromatic N) is 2. The van der Waals surface area contributed by atoms with Gasteiger partial charge in [0.1, 0.15) is 0 Å². The number of aromatic nitrogens is 2. The first kappa shape index (κ1) is 12.5. The van der Waals surface area contributed by atoms with Crippen molar-refractivity contribution in [1.29, 1.82) is 0 Å². The minimum Gasteiger partial charge on any atom is -0.399 e. The molecule has 1 aromatic carbocycles. The molecule has 7 nitrogen and oxygen atoms in total. The van der Waals surface area contributed by atoms with E-state index in [2.05, 4.69) is 15.3 Å². The van der Waals surface area contributed by atoms with Gasteiger partial charge in [-0.05, 0) is 24.6 Å². The number of H-pyrrole nitrogens is 1. The summed E-state index contributed by atoms with van der Waals surface area (Å²) in [5.74, 6) is 0.354. The monoisotopic (exact) mass is 273 g/mol. The summed E-state index contributed by atoms with van der Waals surface area (Å²) in [5, 5.41) is 3.24. The summed E-state index contributed by atoms with van der Waals surface area (Å²) in [6.07, 6.45) is 0.815. The number of nitrogens with one attached hydrogen (secondary N) is 2. The lowest BCUT2D eigenvalue weighted by Gasteiger charge is -2.19. The second kappa shape index (κ2) is 4.84. The number of aromatic amines is 1. The van der Waals surface area contributed by atoms with Crippen LogP contribution in [-0.2, 0) is 4.79 Å². The van der Waals surface area contributed by atoms with Crippen LogP contribution in [0.2, 0.25) is 0 Å². The Balaban J connectivity index is 2.05. The Bertz CT molecular complexity index is 724. The summed E-state index contributed by atoms with van der Waals surface area (Å²) in [6, 6.07) is 5.01. The lowest BCUT2D eigenvalue weighted by Crippen LogP contribution is -2.35. The first-order valence-corrected chi connectivity index (χ1v) is 6.45. The van der Waals surface area contributed by atoms with Crippen LogP contribution in [0.5, 0.6) is 0 Å². The number of nitrogen functional groups attached to an aromatic ring is 1. The van der Waals surface area contributed by atoms with Crippen molar-refractivity contribution < 1.29 is 4.79 Å². The van der Waals surface area contributed by atoms with Crippen LogP contribution in [0.15, 0.2) is 23.0 Å². The second-order valence-electron chi connectivity index (χ2n) is 4.79. The van der Waals surface area contributed by atoms with E-state index >= 15 is 0 Å². The molecule has 2 heterocycles. The topological polar surface area (TPSA) is 104 Å². The molecule has 0 unspecified atom stereocenters. The van der Waals surface area contributed by atoms with E-state index < -0.39 is 0 Å². The quantitative estimate of drug-likeness (QED) is 0.626. The van der Waals surface area contributed by atoms with E-state index in [1.807, 2.05) is 0 Å².